The molecule has 0 radical (unpaired) electrons. The van der Waals surface area contributed by atoms with Crippen molar-refractivity contribution in [2.45, 2.75) is 32.7 Å². The molecule has 0 saturated heterocycles. The van der Waals surface area contributed by atoms with Crippen LogP contribution in [0.5, 0.6) is 0 Å². The summed E-state index contributed by atoms with van der Waals surface area (Å²) in [6.07, 6.45) is 3.59. The van der Waals surface area contributed by atoms with Gasteiger partial charge >= 0.3 is 0 Å². The molecule has 21 heavy (non-hydrogen) atoms. The Kier molecular flexibility index (Phi) is 5.33. The number of hydrogen-bond donors (Lipinski definition) is 2. The number of nitrogens with one attached hydrogen (secondary N) is 2. The average molecular weight is 303 g/mol. The molecule has 5 heteroatoms. The molecule has 0 aromatic carbocycles. The van der Waals surface area contributed by atoms with Crippen LogP contribution in [0.3, 0.4) is 0 Å². The SMILES string of the molecule is CCCC(NC(=O)c1cnc(C)cc1NC)c1cccs1. The molecule has 1 unspecified atom stereocenters. The number of amides is 1. The summed E-state index contributed by atoms with van der Waals surface area (Å²) in [6.45, 7) is 4.04. The summed E-state index contributed by atoms with van der Waals surface area (Å²) in [5.74, 6) is -0.0845. The van der Waals surface area contributed by atoms with Crippen molar-refractivity contribution in [1.29, 1.82) is 0 Å². The van der Waals surface area contributed by atoms with Gasteiger partial charge in [-0.2, -0.15) is 0 Å². The molecule has 2 heterocycles. The van der Waals surface area contributed by atoms with Crippen LogP contribution >= 0.6 is 11.3 Å². The molecule has 2 N–H and O–H groups in total. The lowest BCUT2D eigenvalue weighted by Crippen LogP contribution is -2.28. The van der Waals surface area contributed by atoms with E-state index in [2.05, 4.69) is 28.6 Å². The number of rotatable bonds is 6. The predicted molar refractivity (Wildman–Crippen MR) is 88.0 cm³/mol. The lowest BCUT2D eigenvalue weighted by atomic mass is 10.1. The van der Waals surface area contributed by atoms with Crippen LogP contribution < -0.4 is 10.6 Å². The number of pyridine rings is 1. The Balaban J connectivity index is 2.19. The van der Waals surface area contributed by atoms with E-state index in [4.69, 9.17) is 0 Å². The minimum absolute atomic E-state index is 0.0634. The molecule has 0 saturated carbocycles. The van der Waals surface area contributed by atoms with Crippen LogP contribution in [0.1, 0.15) is 46.7 Å². The lowest BCUT2D eigenvalue weighted by molar-refractivity contribution is 0.0935. The van der Waals surface area contributed by atoms with Gasteiger partial charge in [-0.05, 0) is 30.9 Å². The third-order valence-electron chi connectivity index (χ3n) is 3.32. The van der Waals surface area contributed by atoms with Crippen LogP contribution in [0.2, 0.25) is 0 Å². The van der Waals surface area contributed by atoms with Gasteiger partial charge in [0.1, 0.15) is 0 Å². The fraction of sp³-hybridized carbons (Fsp3) is 0.375. The molecule has 0 fully saturated rings. The van der Waals surface area contributed by atoms with Gasteiger partial charge in [0.25, 0.3) is 5.91 Å². The van der Waals surface area contributed by atoms with Crippen LogP contribution in [-0.4, -0.2) is 17.9 Å². The molecule has 1 amide bonds. The van der Waals surface area contributed by atoms with E-state index < -0.39 is 0 Å². The molecule has 1 atom stereocenters. The molecule has 0 bridgehead atoms. The predicted octanol–water partition coefficient (Wildman–Crippen LogP) is 3.76. The van der Waals surface area contributed by atoms with Gasteiger partial charge < -0.3 is 10.6 Å². The normalized spacial score (nSPS) is 12.0. The molecule has 4 nitrogen and oxygen atoms in total. The van der Waals surface area contributed by atoms with Gasteiger partial charge in [-0.3, -0.25) is 9.78 Å². The Bertz CT molecular complexity index is 596. The summed E-state index contributed by atoms with van der Waals surface area (Å²) in [4.78, 5) is 17.9. The van der Waals surface area contributed by atoms with E-state index in [0.717, 1.165) is 24.2 Å². The summed E-state index contributed by atoms with van der Waals surface area (Å²) in [7, 11) is 1.81. The van der Waals surface area contributed by atoms with E-state index >= 15 is 0 Å². The maximum atomic E-state index is 12.5. The van der Waals surface area contributed by atoms with Gasteiger partial charge in [-0.25, -0.2) is 0 Å². The summed E-state index contributed by atoms with van der Waals surface area (Å²) in [5.41, 5.74) is 2.28. The van der Waals surface area contributed by atoms with E-state index in [9.17, 15) is 4.79 Å². The van der Waals surface area contributed by atoms with Crippen LogP contribution in [0.4, 0.5) is 5.69 Å². The summed E-state index contributed by atoms with van der Waals surface area (Å²) in [5, 5.41) is 8.22. The minimum atomic E-state index is -0.0845. The number of nitrogens with zero attached hydrogens (tertiary/aromatic N) is 1. The van der Waals surface area contributed by atoms with Crippen molar-refractivity contribution in [1.82, 2.24) is 10.3 Å². The molecule has 0 aliphatic heterocycles. The first kappa shape index (κ1) is 15.5. The number of hydrogen-bond acceptors (Lipinski definition) is 4. The van der Waals surface area contributed by atoms with Gasteiger partial charge in [-0.15, -0.1) is 11.3 Å². The van der Waals surface area contributed by atoms with Crippen molar-refractivity contribution in [3.05, 3.63) is 45.9 Å². The Morgan fingerprint density at radius 1 is 1.48 bits per heavy atom. The third kappa shape index (κ3) is 3.82. The van der Waals surface area contributed by atoms with E-state index in [-0.39, 0.29) is 11.9 Å². The van der Waals surface area contributed by atoms with Crippen LogP contribution in [0, 0.1) is 6.92 Å². The highest BCUT2D eigenvalue weighted by molar-refractivity contribution is 7.10. The van der Waals surface area contributed by atoms with Crippen LogP contribution in [0.25, 0.3) is 0 Å². The molecular formula is C16H21N3OS. The third-order valence-corrected chi connectivity index (χ3v) is 4.31. The molecule has 0 spiro atoms. The number of anilines is 1. The topological polar surface area (TPSA) is 54.0 Å². The first-order valence-electron chi connectivity index (χ1n) is 7.14. The fourth-order valence-electron chi connectivity index (χ4n) is 2.25. The fourth-order valence-corrected chi connectivity index (χ4v) is 3.06. The largest absolute Gasteiger partial charge is 0.387 e. The molecule has 2 aromatic rings. The zero-order valence-electron chi connectivity index (χ0n) is 12.6. The highest BCUT2D eigenvalue weighted by atomic mass is 32.1. The molecular weight excluding hydrogens is 282 g/mol. The summed E-state index contributed by atoms with van der Waals surface area (Å²) < 4.78 is 0. The maximum Gasteiger partial charge on any atom is 0.255 e. The van der Waals surface area contributed by atoms with Gasteiger partial charge in [0.05, 0.1) is 17.3 Å². The zero-order valence-corrected chi connectivity index (χ0v) is 13.5. The Morgan fingerprint density at radius 3 is 2.90 bits per heavy atom. The Labute approximate surface area is 129 Å². The molecule has 2 aromatic heterocycles. The number of aromatic nitrogens is 1. The second kappa shape index (κ2) is 7.22. The highest BCUT2D eigenvalue weighted by Crippen LogP contribution is 2.24. The molecule has 112 valence electrons. The van der Waals surface area contributed by atoms with Gasteiger partial charge in [-0.1, -0.05) is 19.4 Å². The van der Waals surface area contributed by atoms with E-state index in [1.54, 1.807) is 17.5 Å². The van der Waals surface area contributed by atoms with Crippen molar-refractivity contribution >= 4 is 22.9 Å². The molecule has 2 rings (SSSR count). The van der Waals surface area contributed by atoms with Crippen molar-refractivity contribution in [3.63, 3.8) is 0 Å². The van der Waals surface area contributed by atoms with Crippen LogP contribution in [0.15, 0.2) is 29.8 Å². The Hall–Kier alpha value is -1.88. The Morgan fingerprint density at radius 2 is 2.29 bits per heavy atom. The highest BCUT2D eigenvalue weighted by Gasteiger charge is 2.18. The molecule has 0 aliphatic rings. The van der Waals surface area contributed by atoms with Crippen molar-refractivity contribution in [2.75, 3.05) is 12.4 Å². The van der Waals surface area contributed by atoms with Crippen molar-refractivity contribution in [2.24, 2.45) is 0 Å². The minimum Gasteiger partial charge on any atom is -0.387 e. The number of carbonyl (C=O) groups excluding carboxylic acids is 1. The number of aryl methyl sites for hydroxylation is 1. The van der Waals surface area contributed by atoms with Gasteiger partial charge in [0, 0.05) is 23.8 Å². The van der Waals surface area contributed by atoms with Crippen LogP contribution in [-0.2, 0) is 0 Å². The standard InChI is InChI=1S/C16H21N3OS/c1-4-6-13(15-7-5-8-21-15)19-16(20)12-10-18-11(2)9-14(12)17-3/h5,7-10,13H,4,6H2,1-3H3,(H,17,18)(H,19,20). The smallest absolute Gasteiger partial charge is 0.255 e. The van der Waals surface area contributed by atoms with Crippen molar-refractivity contribution < 1.29 is 4.79 Å². The molecule has 0 aliphatic carbocycles. The van der Waals surface area contributed by atoms with Gasteiger partial charge in [0.2, 0.25) is 0 Å². The van der Waals surface area contributed by atoms with Crippen molar-refractivity contribution in [3.8, 4) is 0 Å². The van der Waals surface area contributed by atoms with E-state index in [0.29, 0.717) is 5.56 Å². The first-order chi connectivity index (χ1) is 10.2. The second-order valence-electron chi connectivity index (χ2n) is 4.95. The first-order valence-corrected chi connectivity index (χ1v) is 8.02. The maximum absolute atomic E-state index is 12.5. The number of thiophene rings is 1. The quantitative estimate of drug-likeness (QED) is 0.854. The zero-order chi connectivity index (χ0) is 15.2. The number of carbonyl (C=O) groups is 1. The lowest BCUT2D eigenvalue weighted by Gasteiger charge is -2.18. The van der Waals surface area contributed by atoms with E-state index in [1.807, 2.05) is 31.5 Å². The van der Waals surface area contributed by atoms with Gasteiger partial charge in [0.15, 0.2) is 0 Å². The second-order valence-corrected chi connectivity index (χ2v) is 5.93. The summed E-state index contributed by atoms with van der Waals surface area (Å²) in [6, 6.07) is 6.03. The van der Waals surface area contributed by atoms with E-state index in [1.165, 1.54) is 4.88 Å². The summed E-state index contributed by atoms with van der Waals surface area (Å²) >= 11 is 1.67. The monoisotopic (exact) mass is 303 g/mol. The average Bonchev–Trinajstić information content (AvgIpc) is 3.00.